The Bertz CT molecular complexity index is 280. The highest BCUT2D eigenvalue weighted by atomic mass is 16.3. The summed E-state index contributed by atoms with van der Waals surface area (Å²) < 4.78 is 1.93. The number of aliphatic hydroxyl groups excluding tert-OH is 1. The first kappa shape index (κ1) is 7.80. The monoisotopic (exact) mass is 166 g/mol. The summed E-state index contributed by atoms with van der Waals surface area (Å²) in [6, 6.07) is 0. The van der Waals surface area contributed by atoms with Crippen molar-refractivity contribution in [2.24, 2.45) is 13.0 Å². The predicted octanol–water partition coefficient (Wildman–Crippen LogP) is 0.517. The van der Waals surface area contributed by atoms with Gasteiger partial charge in [-0.05, 0) is 30.7 Å². The quantitative estimate of drug-likeness (QED) is 0.660. The Kier molecular flexibility index (Phi) is 1.89. The highest BCUT2D eigenvalue weighted by Gasteiger charge is 2.20. The van der Waals surface area contributed by atoms with Crippen molar-refractivity contribution < 1.29 is 5.11 Å². The van der Waals surface area contributed by atoms with Gasteiger partial charge in [0.2, 0.25) is 0 Å². The van der Waals surface area contributed by atoms with Gasteiger partial charge in [0.05, 0.1) is 6.20 Å². The van der Waals surface area contributed by atoms with Gasteiger partial charge < -0.3 is 5.11 Å². The van der Waals surface area contributed by atoms with E-state index in [0.29, 0.717) is 12.5 Å². The number of hydrogen-bond acceptors (Lipinski definition) is 2. The lowest BCUT2D eigenvalue weighted by Gasteiger charge is -2.20. The van der Waals surface area contributed by atoms with Gasteiger partial charge in [-0.3, -0.25) is 4.68 Å². The maximum atomic E-state index is 9.02. The van der Waals surface area contributed by atoms with E-state index in [9.17, 15) is 0 Å². The van der Waals surface area contributed by atoms with Crippen LogP contribution < -0.4 is 0 Å². The zero-order valence-electron chi connectivity index (χ0n) is 7.32. The van der Waals surface area contributed by atoms with Crippen molar-refractivity contribution >= 4 is 0 Å². The minimum atomic E-state index is 0.310. The third-order valence-electron chi connectivity index (χ3n) is 2.71. The third-order valence-corrected chi connectivity index (χ3v) is 2.71. The molecule has 1 heterocycles. The third kappa shape index (κ3) is 1.14. The number of fused-ring (bicyclic) bond motifs is 1. The fraction of sp³-hybridized carbons (Fsp3) is 0.667. The summed E-state index contributed by atoms with van der Waals surface area (Å²) in [7, 11) is 1.97. The summed E-state index contributed by atoms with van der Waals surface area (Å²) in [6.45, 7) is 0.310. The van der Waals surface area contributed by atoms with Gasteiger partial charge >= 0.3 is 0 Å². The number of aryl methyl sites for hydroxylation is 2. The second-order valence-electron chi connectivity index (χ2n) is 3.53. The smallest absolute Gasteiger partial charge is 0.0524 e. The highest BCUT2D eigenvalue weighted by Crippen LogP contribution is 2.24. The van der Waals surface area contributed by atoms with Gasteiger partial charge in [0.15, 0.2) is 0 Å². The lowest BCUT2D eigenvalue weighted by molar-refractivity contribution is 0.211. The molecule has 3 nitrogen and oxygen atoms in total. The fourth-order valence-corrected chi connectivity index (χ4v) is 1.87. The van der Waals surface area contributed by atoms with Gasteiger partial charge in [-0.2, -0.15) is 5.10 Å². The molecular weight excluding hydrogens is 152 g/mol. The second-order valence-corrected chi connectivity index (χ2v) is 3.53. The molecule has 1 aliphatic rings. The Morgan fingerprint density at radius 3 is 3.33 bits per heavy atom. The normalized spacial score (nSPS) is 22.3. The molecule has 0 radical (unpaired) electrons. The molecule has 1 atom stereocenters. The van der Waals surface area contributed by atoms with Crippen LogP contribution in [0.1, 0.15) is 17.7 Å². The molecule has 1 aliphatic carbocycles. The first-order chi connectivity index (χ1) is 5.81. The van der Waals surface area contributed by atoms with E-state index in [1.165, 1.54) is 11.3 Å². The van der Waals surface area contributed by atoms with Crippen molar-refractivity contribution in [2.75, 3.05) is 6.61 Å². The molecule has 0 aliphatic heterocycles. The summed E-state index contributed by atoms with van der Waals surface area (Å²) in [4.78, 5) is 0. The number of rotatable bonds is 1. The molecule has 0 aromatic carbocycles. The number of aromatic nitrogens is 2. The molecule has 2 rings (SSSR count). The minimum Gasteiger partial charge on any atom is -0.396 e. The van der Waals surface area contributed by atoms with Crippen molar-refractivity contribution in [1.29, 1.82) is 0 Å². The molecule has 3 heteroatoms. The molecule has 0 spiro atoms. The maximum absolute atomic E-state index is 9.02. The Morgan fingerprint density at radius 2 is 2.58 bits per heavy atom. The highest BCUT2D eigenvalue weighted by molar-refractivity contribution is 5.21. The molecule has 0 amide bonds. The molecule has 0 fully saturated rings. The first-order valence-electron chi connectivity index (χ1n) is 4.42. The van der Waals surface area contributed by atoms with Crippen LogP contribution in [0.4, 0.5) is 0 Å². The molecule has 66 valence electrons. The van der Waals surface area contributed by atoms with Crippen molar-refractivity contribution in [3.63, 3.8) is 0 Å². The van der Waals surface area contributed by atoms with Crippen molar-refractivity contribution in [3.8, 4) is 0 Å². The fourth-order valence-electron chi connectivity index (χ4n) is 1.87. The van der Waals surface area contributed by atoms with E-state index in [2.05, 4.69) is 5.10 Å². The molecule has 0 unspecified atom stereocenters. The average Bonchev–Trinajstić information content (AvgIpc) is 2.47. The van der Waals surface area contributed by atoms with Crippen LogP contribution in [0.2, 0.25) is 0 Å². The average molecular weight is 166 g/mol. The molecule has 0 saturated carbocycles. The zero-order valence-corrected chi connectivity index (χ0v) is 7.32. The van der Waals surface area contributed by atoms with Crippen molar-refractivity contribution in [3.05, 3.63) is 17.5 Å². The van der Waals surface area contributed by atoms with Crippen LogP contribution in [0.25, 0.3) is 0 Å². The van der Waals surface area contributed by atoms with Gasteiger partial charge in [-0.1, -0.05) is 0 Å². The van der Waals surface area contributed by atoms with Gasteiger partial charge in [-0.25, -0.2) is 0 Å². The van der Waals surface area contributed by atoms with E-state index >= 15 is 0 Å². The van der Waals surface area contributed by atoms with E-state index in [1.807, 2.05) is 17.9 Å². The van der Waals surface area contributed by atoms with Gasteiger partial charge in [0.25, 0.3) is 0 Å². The summed E-state index contributed by atoms with van der Waals surface area (Å²) >= 11 is 0. The van der Waals surface area contributed by atoms with Gasteiger partial charge in [0, 0.05) is 19.3 Å². The van der Waals surface area contributed by atoms with Crippen molar-refractivity contribution in [2.45, 2.75) is 19.3 Å². The summed E-state index contributed by atoms with van der Waals surface area (Å²) in [6.07, 6.45) is 5.12. The SMILES string of the molecule is Cn1ncc2c1C[C@H](CO)CC2. The van der Waals surface area contributed by atoms with Crippen LogP contribution in [0.3, 0.4) is 0 Å². The largest absolute Gasteiger partial charge is 0.396 e. The minimum absolute atomic E-state index is 0.310. The van der Waals surface area contributed by atoms with Crippen LogP contribution >= 0.6 is 0 Å². The topological polar surface area (TPSA) is 38.0 Å². The van der Waals surface area contributed by atoms with E-state index in [4.69, 9.17) is 5.11 Å². The number of hydrogen-bond donors (Lipinski definition) is 1. The van der Waals surface area contributed by atoms with Gasteiger partial charge in [-0.15, -0.1) is 0 Å². The molecule has 1 N–H and O–H groups in total. The summed E-state index contributed by atoms with van der Waals surface area (Å²) in [5, 5.41) is 13.2. The van der Waals surface area contributed by atoms with E-state index in [0.717, 1.165) is 19.3 Å². The van der Waals surface area contributed by atoms with Gasteiger partial charge in [0.1, 0.15) is 0 Å². The summed E-state index contributed by atoms with van der Waals surface area (Å²) in [5.74, 6) is 0.452. The Labute approximate surface area is 72.0 Å². The first-order valence-corrected chi connectivity index (χ1v) is 4.42. The second kappa shape index (κ2) is 2.90. The maximum Gasteiger partial charge on any atom is 0.0524 e. The van der Waals surface area contributed by atoms with E-state index < -0.39 is 0 Å². The molecular formula is C9H14N2O. The van der Waals surface area contributed by atoms with E-state index in [-0.39, 0.29) is 0 Å². The standard InChI is InChI=1S/C9H14N2O/c1-11-9-4-7(6-12)2-3-8(9)5-10-11/h5,7,12H,2-4,6H2,1H3/t7-/m1/s1. The van der Waals surface area contributed by atoms with Crippen molar-refractivity contribution in [1.82, 2.24) is 9.78 Å². The van der Waals surface area contributed by atoms with Crippen LogP contribution in [-0.2, 0) is 19.9 Å². The van der Waals surface area contributed by atoms with E-state index in [1.54, 1.807) is 0 Å². The van der Waals surface area contributed by atoms with Crippen LogP contribution in [0.15, 0.2) is 6.20 Å². The molecule has 12 heavy (non-hydrogen) atoms. The van der Waals surface area contributed by atoms with Crippen LogP contribution in [-0.4, -0.2) is 21.5 Å². The molecule has 1 aromatic heterocycles. The molecule has 1 aromatic rings. The Balaban J connectivity index is 2.26. The lowest BCUT2D eigenvalue weighted by Crippen LogP contribution is -2.18. The Morgan fingerprint density at radius 1 is 1.75 bits per heavy atom. The number of nitrogens with zero attached hydrogens (tertiary/aromatic N) is 2. The molecule has 0 saturated heterocycles. The lowest BCUT2D eigenvalue weighted by atomic mass is 9.89. The Hall–Kier alpha value is -0.830. The predicted molar refractivity (Wildman–Crippen MR) is 45.8 cm³/mol. The zero-order chi connectivity index (χ0) is 8.55. The number of aliphatic hydroxyl groups is 1. The van der Waals surface area contributed by atoms with Crippen LogP contribution in [0, 0.1) is 5.92 Å². The molecule has 0 bridgehead atoms. The summed E-state index contributed by atoms with van der Waals surface area (Å²) in [5.41, 5.74) is 2.67. The van der Waals surface area contributed by atoms with Crippen LogP contribution in [0.5, 0.6) is 0 Å².